The smallest absolute Gasteiger partial charge is 0.306 e. The molecule has 0 radical (unpaired) electrons. The monoisotopic (exact) mass is 304 g/mol. The van der Waals surface area contributed by atoms with E-state index in [-0.39, 0.29) is 23.8 Å². The zero-order chi connectivity index (χ0) is 15.9. The summed E-state index contributed by atoms with van der Waals surface area (Å²) in [6.07, 6.45) is 0.204. The van der Waals surface area contributed by atoms with Crippen molar-refractivity contribution in [1.29, 1.82) is 0 Å². The average molecular weight is 304 g/mol. The highest BCUT2D eigenvalue weighted by molar-refractivity contribution is 6.04. The Morgan fingerprint density at radius 2 is 2.09 bits per heavy atom. The summed E-state index contributed by atoms with van der Waals surface area (Å²) in [7, 11) is 0. The number of carboxylic acid groups (broad SMARTS) is 1. The van der Waals surface area contributed by atoms with Gasteiger partial charge in [-0.1, -0.05) is 6.07 Å². The maximum atomic E-state index is 12.3. The first-order valence-electron chi connectivity index (χ1n) is 7.10. The summed E-state index contributed by atoms with van der Waals surface area (Å²) in [5, 5.41) is 14.3. The molecule has 0 bridgehead atoms. The second-order valence-corrected chi connectivity index (χ2v) is 5.61. The van der Waals surface area contributed by atoms with Gasteiger partial charge in [-0.3, -0.25) is 14.4 Å². The number of carboxylic acids is 1. The molecule has 3 N–H and O–H groups in total. The Balaban J connectivity index is 1.73. The van der Waals surface area contributed by atoms with Crippen LogP contribution in [0.25, 0.3) is 0 Å². The number of rotatable bonds is 3. The van der Waals surface area contributed by atoms with Crippen LogP contribution in [0.15, 0.2) is 18.2 Å². The van der Waals surface area contributed by atoms with E-state index in [1.807, 2.05) is 0 Å². The maximum absolute atomic E-state index is 12.3. The number of carbonyl (C=O) groups excluding carboxylic acids is 2. The number of carbonyl (C=O) groups is 3. The van der Waals surface area contributed by atoms with Gasteiger partial charge in [0.25, 0.3) is 11.8 Å². The van der Waals surface area contributed by atoms with Crippen LogP contribution < -0.4 is 15.4 Å². The van der Waals surface area contributed by atoms with Crippen molar-refractivity contribution in [2.24, 2.45) is 5.92 Å². The summed E-state index contributed by atoms with van der Waals surface area (Å²) in [4.78, 5) is 34.7. The van der Waals surface area contributed by atoms with Crippen molar-refractivity contribution in [1.82, 2.24) is 5.32 Å². The van der Waals surface area contributed by atoms with Crippen LogP contribution in [0.1, 0.15) is 30.1 Å². The Kier molecular flexibility index (Phi) is 3.48. The summed E-state index contributed by atoms with van der Waals surface area (Å²) in [5.74, 6) is -1.45. The normalized spacial score (nSPS) is 26.0. The molecule has 0 aromatic heterocycles. The van der Waals surface area contributed by atoms with Crippen molar-refractivity contribution in [3.8, 4) is 5.75 Å². The van der Waals surface area contributed by atoms with E-state index < -0.39 is 12.1 Å². The average Bonchev–Trinajstić information content (AvgIpc) is 2.42. The molecule has 1 saturated carbocycles. The van der Waals surface area contributed by atoms with E-state index in [4.69, 9.17) is 9.84 Å². The van der Waals surface area contributed by atoms with Crippen molar-refractivity contribution in [3.05, 3.63) is 23.8 Å². The maximum Gasteiger partial charge on any atom is 0.306 e. The quantitative estimate of drug-likeness (QED) is 0.772. The minimum absolute atomic E-state index is 0.139. The Morgan fingerprint density at radius 3 is 2.77 bits per heavy atom. The Morgan fingerprint density at radius 1 is 1.36 bits per heavy atom. The largest absolute Gasteiger partial charge is 0.481 e. The number of anilines is 1. The zero-order valence-corrected chi connectivity index (χ0v) is 12.0. The molecule has 1 aromatic carbocycles. The lowest BCUT2D eigenvalue weighted by molar-refractivity contribution is -0.145. The van der Waals surface area contributed by atoms with E-state index in [1.165, 1.54) is 0 Å². The minimum Gasteiger partial charge on any atom is -0.481 e. The fourth-order valence-electron chi connectivity index (χ4n) is 2.61. The van der Waals surface area contributed by atoms with Gasteiger partial charge in [0.05, 0.1) is 17.2 Å². The van der Waals surface area contributed by atoms with Gasteiger partial charge in [-0.15, -0.1) is 0 Å². The summed E-state index contributed by atoms with van der Waals surface area (Å²) < 4.78 is 5.52. The molecule has 7 nitrogen and oxygen atoms in total. The number of hydrogen-bond acceptors (Lipinski definition) is 4. The van der Waals surface area contributed by atoms with E-state index in [0.29, 0.717) is 29.8 Å². The van der Waals surface area contributed by atoms with Crippen LogP contribution in [-0.2, 0) is 9.59 Å². The molecule has 1 aromatic rings. The standard InChI is InChI=1S/C15H16N2O5/c1-7-13(18)17-11-4-2-3-10(12(11)22-7)14(19)16-9-5-8(6-9)15(20)21/h2-4,7-9H,5-6H2,1H3,(H,16,19)(H,17,18)(H,20,21). The molecule has 1 fully saturated rings. The molecule has 22 heavy (non-hydrogen) atoms. The molecule has 1 aliphatic carbocycles. The summed E-state index contributed by atoms with van der Waals surface area (Å²) in [6, 6.07) is 4.81. The molecule has 1 heterocycles. The molecule has 0 saturated heterocycles. The molecule has 116 valence electrons. The fourth-order valence-corrected chi connectivity index (χ4v) is 2.61. The first kappa shape index (κ1) is 14.4. The van der Waals surface area contributed by atoms with Gasteiger partial charge in [0, 0.05) is 6.04 Å². The lowest BCUT2D eigenvalue weighted by Crippen LogP contribution is -2.47. The van der Waals surface area contributed by atoms with Gasteiger partial charge in [-0.2, -0.15) is 0 Å². The van der Waals surface area contributed by atoms with Crippen LogP contribution in [0.2, 0.25) is 0 Å². The number of fused-ring (bicyclic) bond motifs is 1. The minimum atomic E-state index is -0.831. The van der Waals surface area contributed by atoms with Crippen molar-refractivity contribution >= 4 is 23.5 Å². The Hall–Kier alpha value is -2.57. The third-order valence-electron chi connectivity index (χ3n) is 4.00. The molecule has 1 atom stereocenters. The molecule has 0 spiro atoms. The lowest BCUT2D eigenvalue weighted by atomic mass is 9.80. The molecule has 1 unspecified atom stereocenters. The van der Waals surface area contributed by atoms with Crippen molar-refractivity contribution < 1.29 is 24.2 Å². The summed E-state index contributed by atoms with van der Waals surface area (Å²) in [6.45, 7) is 1.61. The van der Waals surface area contributed by atoms with Gasteiger partial charge < -0.3 is 20.5 Å². The van der Waals surface area contributed by atoms with Gasteiger partial charge >= 0.3 is 5.97 Å². The molecule has 2 aliphatic rings. The highest BCUT2D eigenvalue weighted by atomic mass is 16.5. The summed E-state index contributed by atoms with van der Waals surface area (Å²) in [5.41, 5.74) is 0.802. The first-order chi connectivity index (χ1) is 10.5. The number of hydrogen-bond donors (Lipinski definition) is 3. The zero-order valence-electron chi connectivity index (χ0n) is 12.0. The molecule has 3 rings (SSSR count). The number of amides is 2. The molecular weight excluding hydrogens is 288 g/mol. The van der Waals surface area contributed by atoms with Gasteiger partial charge in [0.1, 0.15) is 0 Å². The topological polar surface area (TPSA) is 105 Å². The van der Waals surface area contributed by atoms with Crippen molar-refractivity contribution in [3.63, 3.8) is 0 Å². The molecule has 1 aliphatic heterocycles. The van der Waals surface area contributed by atoms with E-state index in [9.17, 15) is 14.4 Å². The van der Waals surface area contributed by atoms with Crippen LogP contribution in [0.5, 0.6) is 5.75 Å². The number of aliphatic carboxylic acids is 1. The highest BCUT2D eigenvalue weighted by Gasteiger charge is 2.36. The van der Waals surface area contributed by atoms with Crippen LogP contribution in [0.3, 0.4) is 0 Å². The SMILES string of the molecule is CC1Oc2c(cccc2C(=O)NC2CC(C(=O)O)C2)NC1=O. The molecule has 7 heteroatoms. The lowest BCUT2D eigenvalue weighted by Gasteiger charge is -2.33. The van der Waals surface area contributed by atoms with Crippen molar-refractivity contribution in [2.75, 3.05) is 5.32 Å². The van der Waals surface area contributed by atoms with Crippen LogP contribution >= 0.6 is 0 Å². The fraction of sp³-hybridized carbons (Fsp3) is 0.400. The molecule has 2 amide bonds. The van der Waals surface area contributed by atoms with E-state index in [2.05, 4.69) is 10.6 Å². The second kappa shape index (κ2) is 5.32. The van der Waals surface area contributed by atoms with Gasteiger partial charge in [0.15, 0.2) is 11.9 Å². The predicted molar refractivity (Wildman–Crippen MR) is 76.8 cm³/mol. The highest BCUT2D eigenvalue weighted by Crippen LogP contribution is 2.34. The number of para-hydroxylation sites is 1. The van der Waals surface area contributed by atoms with Crippen LogP contribution in [0, 0.1) is 5.92 Å². The van der Waals surface area contributed by atoms with E-state index in [1.54, 1.807) is 25.1 Å². The Bertz CT molecular complexity index is 651. The first-order valence-corrected chi connectivity index (χ1v) is 7.10. The van der Waals surface area contributed by atoms with Crippen LogP contribution in [0.4, 0.5) is 5.69 Å². The van der Waals surface area contributed by atoms with Crippen LogP contribution in [-0.4, -0.2) is 35.0 Å². The van der Waals surface area contributed by atoms with Gasteiger partial charge in [-0.05, 0) is 31.9 Å². The number of ether oxygens (including phenoxy) is 1. The predicted octanol–water partition coefficient (Wildman–Crippen LogP) is 0.999. The second-order valence-electron chi connectivity index (χ2n) is 5.61. The third kappa shape index (κ3) is 2.49. The summed E-state index contributed by atoms with van der Waals surface area (Å²) >= 11 is 0. The third-order valence-corrected chi connectivity index (χ3v) is 4.00. The number of benzene rings is 1. The van der Waals surface area contributed by atoms with E-state index in [0.717, 1.165) is 0 Å². The van der Waals surface area contributed by atoms with Crippen molar-refractivity contribution in [2.45, 2.75) is 31.9 Å². The van der Waals surface area contributed by atoms with E-state index >= 15 is 0 Å². The van der Waals surface area contributed by atoms with Gasteiger partial charge in [0.2, 0.25) is 0 Å². The van der Waals surface area contributed by atoms with Gasteiger partial charge in [-0.25, -0.2) is 0 Å². The number of nitrogens with one attached hydrogen (secondary N) is 2. The Labute approximate surface area is 126 Å². The molecular formula is C15H16N2O5.